The number of hydrogen-bond donors (Lipinski definition) is 3. The Bertz CT molecular complexity index is 715. The van der Waals surface area contributed by atoms with E-state index in [1.807, 2.05) is 26.8 Å². The lowest BCUT2D eigenvalue weighted by atomic mass is 9.93. The molecule has 2 amide bonds. The highest BCUT2D eigenvalue weighted by molar-refractivity contribution is 5.95. The van der Waals surface area contributed by atoms with Gasteiger partial charge in [0.1, 0.15) is 30.4 Å². The Balaban J connectivity index is 2.15. The lowest BCUT2D eigenvalue weighted by molar-refractivity contribution is -0.334. The molecule has 31 heavy (non-hydrogen) atoms. The Morgan fingerprint density at radius 3 is 2.48 bits per heavy atom. The van der Waals surface area contributed by atoms with Gasteiger partial charge in [-0.3, -0.25) is 9.59 Å². The molecular weight excluding hydrogens is 408 g/mol. The molecule has 6 atom stereocenters. The van der Waals surface area contributed by atoms with Crippen LogP contribution in [0.5, 0.6) is 0 Å². The molecule has 0 spiro atoms. The zero-order chi connectivity index (χ0) is 23.6. The summed E-state index contributed by atoms with van der Waals surface area (Å²) < 4.78 is 21.6. The van der Waals surface area contributed by atoms with Gasteiger partial charge in [-0.25, -0.2) is 4.79 Å². The molecule has 2 fully saturated rings. The van der Waals surface area contributed by atoms with E-state index in [9.17, 15) is 19.5 Å². The van der Waals surface area contributed by atoms with Gasteiger partial charge in [-0.2, -0.15) is 0 Å². The largest absolute Gasteiger partial charge is 0.467 e. The number of allylic oxidation sites excluding steroid dienone is 1. The third-order valence-corrected chi connectivity index (χ3v) is 5.02. The summed E-state index contributed by atoms with van der Waals surface area (Å²) in [6.45, 7) is 9.39. The average molecular weight is 443 g/mol. The Kier molecular flexibility index (Phi) is 7.85. The van der Waals surface area contributed by atoms with E-state index in [2.05, 4.69) is 15.4 Å². The van der Waals surface area contributed by atoms with Crippen molar-refractivity contribution in [2.45, 2.75) is 83.3 Å². The standard InChI is InChI=1S/C21H34N2O8/c1-20(2,3)9-8-13-14(24)15(31-21(4,5)30-13)16(28-6)18(26)22-11-10-12(19(27)29-7)23-17(11)25/h8-9,11-16,24H,10H2,1-7H3,(H,22,26)(H,23,25)/t11?,12?,13-,14-,15-,16-/m1/s1. The minimum atomic E-state index is -1.21. The van der Waals surface area contributed by atoms with Gasteiger partial charge in [0, 0.05) is 13.5 Å². The van der Waals surface area contributed by atoms with Crippen molar-refractivity contribution < 1.29 is 38.4 Å². The first-order valence-corrected chi connectivity index (χ1v) is 10.2. The molecule has 0 saturated carbocycles. The van der Waals surface area contributed by atoms with Crippen LogP contribution in [-0.4, -0.2) is 79.4 Å². The molecule has 3 N–H and O–H groups in total. The number of nitrogens with one attached hydrogen (secondary N) is 2. The van der Waals surface area contributed by atoms with Crippen molar-refractivity contribution in [1.82, 2.24) is 10.6 Å². The Labute approximate surface area is 182 Å². The molecule has 10 nitrogen and oxygen atoms in total. The molecule has 0 aromatic heterocycles. The molecule has 2 aliphatic heterocycles. The zero-order valence-electron chi connectivity index (χ0n) is 19.1. The third-order valence-electron chi connectivity index (χ3n) is 5.02. The van der Waals surface area contributed by atoms with Gasteiger partial charge < -0.3 is 34.7 Å². The van der Waals surface area contributed by atoms with Crippen LogP contribution in [0.1, 0.15) is 41.0 Å². The number of rotatable bonds is 6. The minimum absolute atomic E-state index is 0.0489. The average Bonchev–Trinajstić information content (AvgIpc) is 3.02. The highest BCUT2D eigenvalue weighted by atomic mass is 16.7. The highest BCUT2D eigenvalue weighted by Gasteiger charge is 2.48. The number of aliphatic hydroxyl groups is 1. The number of aliphatic hydroxyl groups excluding tert-OH is 1. The molecule has 0 aliphatic carbocycles. The quantitative estimate of drug-likeness (QED) is 0.388. The molecule has 2 rings (SSSR count). The van der Waals surface area contributed by atoms with E-state index >= 15 is 0 Å². The first-order valence-electron chi connectivity index (χ1n) is 10.2. The van der Waals surface area contributed by atoms with Crippen molar-refractivity contribution in [2.24, 2.45) is 5.41 Å². The number of ether oxygens (including phenoxy) is 4. The van der Waals surface area contributed by atoms with Crippen molar-refractivity contribution in [3.63, 3.8) is 0 Å². The van der Waals surface area contributed by atoms with Gasteiger partial charge >= 0.3 is 5.97 Å². The fourth-order valence-corrected chi connectivity index (χ4v) is 3.53. The molecule has 0 radical (unpaired) electrons. The monoisotopic (exact) mass is 442 g/mol. The van der Waals surface area contributed by atoms with Crippen molar-refractivity contribution in [1.29, 1.82) is 0 Å². The minimum Gasteiger partial charge on any atom is -0.467 e. The van der Waals surface area contributed by atoms with E-state index in [0.29, 0.717) is 0 Å². The molecule has 0 bridgehead atoms. The normalized spacial score (nSPS) is 31.9. The number of amides is 2. The number of methoxy groups -OCH3 is 2. The van der Waals surface area contributed by atoms with Crippen molar-refractivity contribution in [3.8, 4) is 0 Å². The maximum absolute atomic E-state index is 12.9. The molecule has 2 aliphatic rings. The van der Waals surface area contributed by atoms with E-state index in [-0.39, 0.29) is 11.8 Å². The van der Waals surface area contributed by atoms with E-state index in [4.69, 9.17) is 14.2 Å². The molecule has 2 saturated heterocycles. The number of carbonyl (C=O) groups excluding carboxylic acids is 3. The van der Waals surface area contributed by atoms with Crippen molar-refractivity contribution >= 4 is 17.8 Å². The molecule has 10 heteroatoms. The lowest BCUT2D eigenvalue weighted by Crippen LogP contribution is -2.61. The van der Waals surface area contributed by atoms with Crippen LogP contribution >= 0.6 is 0 Å². The summed E-state index contributed by atoms with van der Waals surface area (Å²) in [6, 6.07) is -1.77. The van der Waals surface area contributed by atoms with Gasteiger partial charge in [-0.1, -0.05) is 32.9 Å². The molecule has 2 unspecified atom stereocenters. The van der Waals surface area contributed by atoms with Crippen LogP contribution in [0.15, 0.2) is 12.2 Å². The van der Waals surface area contributed by atoms with E-state index in [0.717, 1.165) is 0 Å². The second-order valence-electron chi connectivity index (χ2n) is 9.32. The smallest absolute Gasteiger partial charge is 0.328 e. The van der Waals surface area contributed by atoms with Gasteiger partial charge in [-0.05, 0) is 19.3 Å². The van der Waals surface area contributed by atoms with Crippen LogP contribution in [-0.2, 0) is 33.3 Å². The SMILES string of the molecule is COC(=O)C1CC(NC(=O)[C@H](OC)[C@@H]2OC(C)(C)O[C@H](C=CC(C)(C)C)[C@H]2O)C(=O)N1. The van der Waals surface area contributed by atoms with Gasteiger partial charge in [0.25, 0.3) is 5.91 Å². The van der Waals surface area contributed by atoms with Crippen LogP contribution < -0.4 is 10.6 Å². The first-order chi connectivity index (χ1) is 14.3. The summed E-state index contributed by atoms with van der Waals surface area (Å²) in [6.07, 6.45) is -0.472. The van der Waals surface area contributed by atoms with Crippen molar-refractivity contribution in [2.75, 3.05) is 14.2 Å². The Morgan fingerprint density at radius 2 is 1.94 bits per heavy atom. The predicted molar refractivity (Wildman–Crippen MR) is 110 cm³/mol. The van der Waals surface area contributed by atoms with Crippen LogP contribution in [0.3, 0.4) is 0 Å². The predicted octanol–water partition coefficient (Wildman–Crippen LogP) is 0.0310. The van der Waals surface area contributed by atoms with E-state index in [1.165, 1.54) is 14.2 Å². The first kappa shape index (κ1) is 25.3. The van der Waals surface area contributed by atoms with Gasteiger partial charge in [0.2, 0.25) is 5.91 Å². The van der Waals surface area contributed by atoms with Crippen molar-refractivity contribution in [3.05, 3.63) is 12.2 Å². The summed E-state index contributed by atoms with van der Waals surface area (Å²) in [7, 11) is 2.53. The van der Waals surface area contributed by atoms with Crippen LogP contribution in [0, 0.1) is 5.41 Å². The lowest BCUT2D eigenvalue weighted by Gasteiger charge is -2.45. The maximum Gasteiger partial charge on any atom is 0.328 e. The number of carbonyl (C=O) groups is 3. The summed E-state index contributed by atoms with van der Waals surface area (Å²) >= 11 is 0. The molecule has 0 aromatic carbocycles. The fraction of sp³-hybridized carbons (Fsp3) is 0.762. The Morgan fingerprint density at radius 1 is 1.29 bits per heavy atom. The summed E-state index contributed by atoms with van der Waals surface area (Å²) in [4.78, 5) is 36.7. The molecular formula is C21H34N2O8. The number of esters is 1. The second-order valence-corrected chi connectivity index (χ2v) is 9.32. The number of hydrogen-bond acceptors (Lipinski definition) is 8. The zero-order valence-corrected chi connectivity index (χ0v) is 19.1. The van der Waals surface area contributed by atoms with Gasteiger partial charge in [0.05, 0.1) is 7.11 Å². The molecule has 2 heterocycles. The topological polar surface area (TPSA) is 132 Å². The van der Waals surface area contributed by atoms with Crippen LogP contribution in [0.2, 0.25) is 0 Å². The molecule has 176 valence electrons. The third kappa shape index (κ3) is 6.49. The summed E-state index contributed by atoms with van der Waals surface area (Å²) in [5, 5.41) is 15.9. The van der Waals surface area contributed by atoms with E-state index < -0.39 is 60.1 Å². The highest BCUT2D eigenvalue weighted by Crippen LogP contribution is 2.31. The van der Waals surface area contributed by atoms with Gasteiger partial charge in [0.15, 0.2) is 11.9 Å². The van der Waals surface area contributed by atoms with Crippen LogP contribution in [0.25, 0.3) is 0 Å². The molecule has 0 aromatic rings. The Hall–Kier alpha value is -2.01. The van der Waals surface area contributed by atoms with E-state index in [1.54, 1.807) is 19.9 Å². The van der Waals surface area contributed by atoms with Crippen LogP contribution in [0.4, 0.5) is 0 Å². The summed E-state index contributed by atoms with van der Waals surface area (Å²) in [5.74, 6) is -2.83. The maximum atomic E-state index is 12.9. The van der Waals surface area contributed by atoms with Gasteiger partial charge in [-0.15, -0.1) is 0 Å². The summed E-state index contributed by atoms with van der Waals surface area (Å²) in [5.41, 5.74) is -0.134. The second kappa shape index (κ2) is 9.64. The fourth-order valence-electron chi connectivity index (χ4n) is 3.53.